The Kier molecular flexibility index (Phi) is 6.41. The van der Waals surface area contributed by atoms with Crippen molar-refractivity contribution in [2.45, 2.75) is 71.8 Å². The summed E-state index contributed by atoms with van der Waals surface area (Å²) in [5, 5.41) is 3.56. The summed E-state index contributed by atoms with van der Waals surface area (Å²) >= 11 is 0. The molecule has 0 radical (unpaired) electrons. The first-order valence-corrected chi connectivity index (χ1v) is 7.40. The van der Waals surface area contributed by atoms with Gasteiger partial charge < -0.3 is 5.32 Å². The number of rotatable bonds is 9. The van der Waals surface area contributed by atoms with Crippen molar-refractivity contribution in [1.82, 2.24) is 5.32 Å². The van der Waals surface area contributed by atoms with Crippen molar-refractivity contribution in [2.24, 2.45) is 17.8 Å². The summed E-state index contributed by atoms with van der Waals surface area (Å²) in [5.74, 6) is 2.86. The van der Waals surface area contributed by atoms with Crippen LogP contribution in [0.25, 0.3) is 0 Å². The highest BCUT2D eigenvalue weighted by Gasteiger charge is 2.33. The highest BCUT2D eigenvalue weighted by molar-refractivity contribution is 4.87. The smallest absolute Gasteiger partial charge is 0.00949 e. The summed E-state index contributed by atoms with van der Waals surface area (Å²) in [6.07, 6.45) is 9.89. The molecule has 3 unspecified atom stereocenters. The third kappa shape index (κ3) is 4.45. The van der Waals surface area contributed by atoms with Crippen LogP contribution < -0.4 is 5.32 Å². The molecule has 0 bridgehead atoms. The molecule has 0 aromatic carbocycles. The van der Waals surface area contributed by atoms with E-state index in [9.17, 15) is 0 Å². The summed E-state index contributed by atoms with van der Waals surface area (Å²) in [7, 11) is 2.15. The normalized spacial score (nSPS) is 21.8. The molecule has 0 aliphatic heterocycles. The Hall–Kier alpha value is -0.0400. The Morgan fingerprint density at radius 3 is 2.38 bits per heavy atom. The lowest BCUT2D eigenvalue weighted by Crippen LogP contribution is -2.35. The van der Waals surface area contributed by atoms with Crippen molar-refractivity contribution in [1.29, 1.82) is 0 Å². The molecule has 1 heteroatoms. The van der Waals surface area contributed by atoms with Crippen LogP contribution in [0.15, 0.2) is 0 Å². The second-order valence-electron chi connectivity index (χ2n) is 5.74. The van der Waals surface area contributed by atoms with Crippen LogP contribution in [0.3, 0.4) is 0 Å². The summed E-state index contributed by atoms with van der Waals surface area (Å²) < 4.78 is 0. The molecular formula is C15H31N. The van der Waals surface area contributed by atoms with Gasteiger partial charge in [0.15, 0.2) is 0 Å². The molecule has 1 saturated carbocycles. The van der Waals surface area contributed by atoms with E-state index in [1.165, 1.54) is 44.9 Å². The molecule has 16 heavy (non-hydrogen) atoms. The lowest BCUT2D eigenvalue weighted by molar-refractivity contribution is 0.279. The zero-order valence-electron chi connectivity index (χ0n) is 11.8. The van der Waals surface area contributed by atoms with Crippen LogP contribution in [0, 0.1) is 17.8 Å². The van der Waals surface area contributed by atoms with Gasteiger partial charge in [-0.1, -0.05) is 46.5 Å². The van der Waals surface area contributed by atoms with Crippen molar-refractivity contribution in [3.63, 3.8) is 0 Å². The highest BCUT2D eigenvalue weighted by atomic mass is 14.9. The number of hydrogen-bond donors (Lipinski definition) is 1. The molecule has 0 spiro atoms. The summed E-state index contributed by atoms with van der Waals surface area (Å²) in [6.45, 7) is 7.11. The van der Waals surface area contributed by atoms with Gasteiger partial charge in [-0.15, -0.1) is 0 Å². The Morgan fingerprint density at radius 2 is 1.94 bits per heavy atom. The first-order valence-electron chi connectivity index (χ1n) is 7.40. The quantitative estimate of drug-likeness (QED) is 0.619. The van der Waals surface area contributed by atoms with Gasteiger partial charge in [-0.3, -0.25) is 0 Å². The van der Waals surface area contributed by atoms with E-state index in [0.717, 1.165) is 23.8 Å². The third-order valence-corrected chi connectivity index (χ3v) is 4.50. The second-order valence-corrected chi connectivity index (χ2v) is 5.74. The van der Waals surface area contributed by atoms with E-state index in [4.69, 9.17) is 0 Å². The molecule has 0 amide bonds. The van der Waals surface area contributed by atoms with Gasteiger partial charge in [-0.05, 0) is 44.1 Å². The van der Waals surface area contributed by atoms with E-state index in [0.29, 0.717) is 0 Å². The fourth-order valence-corrected chi connectivity index (χ4v) is 2.89. The first kappa shape index (κ1) is 14.0. The molecule has 1 aliphatic rings. The van der Waals surface area contributed by atoms with Gasteiger partial charge >= 0.3 is 0 Å². The Morgan fingerprint density at radius 1 is 1.25 bits per heavy atom. The standard InChI is InChI=1S/C15H31N/c1-5-7-8-13(6-2)11-15(16-4)12(3)14-9-10-14/h12-16H,5-11H2,1-4H3. The van der Waals surface area contributed by atoms with Crippen LogP contribution in [0.1, 0.15) is 65.7 Å². The van der Waals surface area contributed by atoms with Crippen molar-refractivity contribution in [3.8, 4) is 0 Å². The zero-order chi connectivity index (χ0) is 12.0. The molecular weight excluding hydrogens is 194 g/mol. The lowest BCUT2D eigenvalue weighted by atomic mass is 9.85. The topological polar surface area (TPSA) is 12.0 Å². The maximum atomic E-state index is 3.56. The SMILES string of the molecule is CCCCC(CC)CC(NC)C(C)C1CC1. The van der Waals surface area contributed by atoms with E-state index in [1.807, 2.05) is 0 Å². The van der Waals surface area contributed by atoms with Crippen LogP contribution >= 0.6 is 0 Å². The zero-order valence-corrected chi connectivity index (χ0v) is 11.8. The predicted octanol–water partition coefficient (Wildman–Crippen LogP) is 4.23. The third-order valence-electron chi connectivity index (χ3n) is 4.50. The molecule has 0 heterocycles. The Balaban J connectivity index is 2.33. The van der Waals surface area contributed by atoms with Crippen molar-refractivity contribution in [2.75, 3.05) is 7.05 Å². The fraction of sp³-hybridized carbons (Fsp3) is 1.00. The van der Waals surface area contributed by atoms with E-state index in [1.54, 1.807) is 0 Å². The van der Waals surface area contributed by atoms with Crippen LogP contribution in [-0.2, 0) is 0 Å². The molecule has 1 nitrogen and oxygen atoms in total. The Bertz CT molecular complexity index is 174. The van der Waals surface area contributed by atoms with Gasteiger partial charge in [-0.25, -0.2) is 0 Å². The average molecular weight is 225 g/mol. The minimum atomic E-state index is 0.759. The minimum Gasteiger partial charge on any atom is -0.317 e. The van der Waals surface area contributed by atoms with Gasteiger partial charge in [0.2, 0.25) is 0 Å². The summed E-state index contributed by atoms with van der Waals surface area (Å²) in [6, 6.07) is 0.759. The van der Waals surface area contributed by atoms with Crippen LogP contribution in [0.2, 0.25) is 0 Å². The fourth-order valence-electron chi connectivity index (χ4n) is 2.89. The van der Waals surface area contributed by atoms with Gasteiger partial charge in [0.05, 0.1) is 0 Å². The van der Waals surface area contributed by atoms with Crippen LogP contribution in [0.5, 0.6) is 0 Å². The van der Waals surface area contributed by atoms with Gasteiger partial charge in [0.25, 0.3) is 0 Å². The molecule has 3 atom stereocenters. The van der Waals surface area contributed by atoms with Gasteiger partial charge in [0, 0.05) is 6.04 Å². The maximum Gasteiger partial charge on any atom is 0.00949 e. The van der Waals surface area contributed by atoms with Gasteiger partial charge in [0.1, 0.15) is 0 Å². The number of nitrogens with one attached hydrogen (secondary N) is 1. The van der Waals surface area contributed by atoms with Gasteiger partial charge in [-0.2, -0.15) is 0 Å². The molecule has 96 valence electrons. The minimum absolute atomic E-state index is 0.759. The second kappa shape index (κ2) is 7.32. The van der Waals surface area contributed by atoms with E-state index >= 15 is 0 Å². The molecule has 1 rings (SSSR count). The number of unbranched alkanes of at least 4 members (excludes halogenated alkanes) is 1. The molecule has 1 N–H and O–H groups in total. The van der Waals surface area contributed by atoms with Crippen molar-refractivity contribution >= 4 is 0 Å². The first-order chi connectivity index (χ1) is 7.72. The van der Waals surface area contributed by atoms with Crippen LogP contribution in [-0.4, -0.2) is 13.1 Å². The highest BCUT2D eigenvalue weighted by Crippen LogP contribution is 2.39. The molecule has 1 aliphatic carbocycles. The molecule has 0 aromatic rings. The lowest BCUT2D eigenvalue weighted by Gasteiger charge is -2.27. The van der Waals surface area contributed by atoms with Crippen molar-refractivity contribution in [3.05, 3.63) is 0 Å². The number of hydrogen-bond acceptors (Lipinski definition) is 1. The monoisotopic (exact) mass is 225 g/mol. The van der Waals surface area contributed by atoms with Crippen LogP contribution in [0.4, 0.5) is 0 Å². The Labute approximate surface area is 102 Å². The van der Waals surface area contributed by atoms with E-state index < -0.39 is 0 Å². The molecule has 0 aromatic heterocycles. The molecule has 1 fully saturated rings. The maximum absolute atomic E-state index is 3.56. The summed E-state index contributed by atoms with van der Waals surface area (Å²) in [4.78, 5) is 0. The largest absolute Gasteiger partial charge is 0.317 e. The summed E-state index contributed by atoms with van der Waals surface area (Å²) in [5.41, 5.74) is 0. The van der Waals surface area contributed by atoms with E-state index in [2.05, 4.69) is 33.1 Å². The van der Waals surface area contributed by atoms with Crippen molar-refractivity contribution < 1.29 is 0 Å². The van der Waals surface area contributed by atoms with E-state index in [-0.39, 0.29) is 0 Å². The predicted molar refractivity (Wildman–Crippen MR) is 72.7 cm³/mol. The molecule has 0 saturated heterocycles. The average Bonchev–Trinajstić information content (AvgIpc) is 3.13.